The van der Waals surface area contributed by atoms with Crippen LogP contribution in [0.4, 0.5) is 0 Å². The molecular formula is C25H23ClN2O2. The number of aromatic nitrogens is 2. The molecule has 0 bridgehead atoms. The molecule has 0 atom stereocenters. The molecule has 0 aliphatic heterocycles. The largest absolute Gasteiger partial charge is 0.493 e. The molecule has 30 heavy (non-hydrogen) atoms. The maximum atomic E-state index is 6.41. The van der Waals surface area contributed by atoms with Crippen LogP contribution in [0.5, 0.6) is 11.5 Å². The molecular weight excluding hydrogens is 396 g/mol. The van der Waals surface area contributed by atoms with Gasteiger partial charge < -0.3 is 14.0 Å². The Balaban J connectivity index is 1.65. The Bertz CT molecular complexity index is 1200. The van der Waals surface area contributed by atoms with E-state index >= 15 is 0 Å². The molecule has 0 N–H and O–H groups in total. The quantitative estimate of drug-likeness (QED) is 0.350. The van der Waals surface area contributed by atoms with Crippen LogP contribution in [-0.2, 0) is 13.2 Å². The van der Waals surface area contributed by atoms with Gasteiger partial charge in [-0.15, -0.1) is 0 Å². The summed E-state index contributed by atoms with van der Waals surface area (Å²) in [5, 5.41) is 0.739. The van der Waals surface area contributed by atoms with Crippen LogP contribution < -0.4 is 9.47 Å². The molecule has 152 valence electrons. The van der Waals surface area contributed by atoms with Crippen molar-refractivity contribution in [2.75, 3.05) is 7.11 Å². The van der Waals surface area contributed by atoms with E-state index in [9.17, 15) is 0 Å². The normalized spacial score (nSPS) is 11.3. The van der Waals surface area contributed by atoms with Gasteiger partial charge in [0.05, 0.1) is 24.7 Å². The highest BCUT2D eigenvalue weighted by atomic mass is 35.5. The van der Waals surface area contributed by atoms with Crippen LogP contribution in [0.1, 0.15) is 23.9 Å². The number of hydrogen-bond donors (Lipinski definition) is 0. The lowest BCUT2D eigenvalue weighted by Crippen LogP contribution is -2.09. The fourth-order valence-electron chi connectivity index (χ4n) is 3.45. The van der Waals surface area contributed by atoms with Crippen LogP contribution in [0, 0.1) is 0 Å². The van der Waals surface area contributed by atoms with Crippen LogP contribution in [-0.4, -0.2) is 16.7 Å². The van der Waals surface area contributed by atoms with Gasteiger partial charge in [-0.05, 0) is 48.4 Å². The third kappa shape index (κ3) is 4.19. The highest BCUT2D eigenvalue weighted by molar-refractivity contribution is 6.31. The van der Waals surface area contributed by atoms with Crippen molar-refractivity contribution in [3.05, 3.63) is 94.8 Å². The van der Waals surface area contributed by atoms with Gasteiger partial charge in [0, 0.05) is 5.02 Å². The standard InChI is InChI=1S/C25H23ClN2O2/c1-3-8-18-13-14-23(24(15-18)29-2)30-17-25-27-21-11-6-7-12-22(21)28(25)16-19-9-4-5-10-20(19)26/h3-15H,16-17H2,1-2H3/b8-3-. The summed E-state index contributed by atoms with van der Waals surface area (Å²) in [7, 11) is 1.65. The molecule has 0 saturated heterocycles. The summed E-state index contributed by atoms with van der Waals surface area (Å²) in [6.45, 7) is 2.93. The van der Waals surface area contributed by atoms with Gasteiger partial charge in [0.2, 0.25) is 0 Å². The zero-order valence-corrected chi connectivity index (χ0v) is 17.8. The number of para-hydroxylation sites is 2. The highest BCUT2D eigenvalue weighted by Crippen LogP contribution is 2.30. The second-order valence-electron chi connectivity index (χ2n) is 6.89. The molecule has 0 saturated carbocycles. The van der Waals surface area contributed by atoms with Crippen LogP contribution in [0.25, 0.3) is 17.1 Å². The first-order chi connectivity index (χ1) is 14.7. The van der Waals surface area contributed by atoms with Gasteiger partial charge in [-0.1, -0.05) is 60.2 Å². The summed E-state index contributed by atoms with van der Waals surface area (Å²) in [5.41, 5.74) is 4.08. The highest BCUT2D eigenvalue weighted by Gasteiger charge is 2.14. The lowest BCUT2D eigenvalue weighted by Gasteiger charge is -2.13. The van der Waals surface area contributed by atoms with Crippen molar-refractivity contribution in [2.45, 2.75) is 20.1 Å². The zero-order chi connectivity index (χ0) is 20.9. The third-order valence-corrected chi connectivity index (χ3v) is 5.29. The number of ether oxygens (including phenoxy) is 2. The number of allylic oxidation sites excluding steroid dienone is 1. The van der Waals surface area contributed by atoms with E-state index < -0.39 is 0 Å². The molecule has 0 fully saturated rings. The maximum Gasteiger partial charge on any atom is 0.161 e. The van der Waals surface area contributed by atoms with Gasteiger partial charge in [0.15, 0.2) is 11.5 Å². The first-order valence-electron chi connectivity index (χ1n) is 9.80. The van der Waals surface area contributed by atoms with Crippen LogP contribution >= 0.6 is 11.6 Å². The average molecular weight is 419 g/mol. The molecule has 4 rings (SSSR count). The number of benzene rings is 3. The minimum atomic E-state index is 0.318. The van der Waals surface area contributed by atoms with E-state index in [1.807, 2.05) is 79.7 Å². The average Bonchev–Trinajstić information content (AvgIpc) is 3.12. The monoisotopic (exact) mass is 418 g/mol. The molecule has 0 aliphatic rings. The molecule has 0 unspecified atom stereocenters. The van der Waals surface area contributed by atoms with Gasteiger partial charge in [-0.25, -0.2) is 4.98 Å². The van der Waals surface area contributed by atoms with Gasteiger partial charge in [0.25, 0.3) is 0 Å². The molecule has 3 aromatic carbocycles. The summed E-state index contributed by atoms with van der Waals surface area (Å²) in [4.78, 5) is 4.80. The minimum Gasteiger partial charge on any atom is -0.493 e. The van der Waals surface area contributed by atoms with E-state index in [-0.39, 0.29) is 0 Å². The number of hydrogen-bond acceptors (Lipinski definition) is 3. The van der Waals surface area contributed by atoms with Crippen molar-refractivity contribution >= 4 is 28.7 Å². The van der Waals surface area contributed by atoms with Crippen molar-refractivity contribution < 1.29 is 9.47 Å². The second kappa shape index (κ2) is 9.06. The molecule has 0 amide bonds. The van der Waals surface area contributed by atoms with Crippen molar-refractivity contribution in [1.29, 1.82) is 0 Å². The number of methoxy groups -OCH3 is 1. The van der Waals surface area contributed by atoms with Crippen molar-refractivity contribution in [3.63, 3.8) is 0 Å². The summed E-state index contributed by atoms with van der Waals surface area (Å²) in [6.07, 6.45) is 4.02. The molecule has 4 aromatic rings. The Kier molecular flexibility index (Phi) is 6.05. The Hall–Kier alpha value is -3.24. The molecule has 0 aliphatic carbocycles. The molecule has 0 spiro atoms. The van der Waals surface area contributed by atoms with E-state index in [4.69, 9.17) is 26.1 Å². The second-order valence-corrected chi connectivity index (χ2v) is 7.30. The van der Waals surface area contributed by atoms with Crippen molar-refractivity contribution in [3.8, 4) is 11.5 Å². The summed E-state index contributed by atoms with van der Waals surface area (Å²) in [6, 6.07) is 21.8. The minimum absolute atomic E-state index is 0.318. The lowest BCUT2D eigenvalue weighted by molar-refractivity contribution is 0.273. The third-order valence-electron chi connectivity index (χ3n) is 4.92. The SMILES string of the molecule is C/C=C\c1ccc(OCc2nc3ccccc3n2Cc2ccccc2Cl)c(OC)c1. The van der Waals surface area contributed by atoms with Crippen LogP contribution in [0.15, 0.2) is 72.8 Å². The van der Waals surface area contributed by atoms with Gasteiger partial charge in [-0.3, -0.25) is 0 Å². The fourth-order valence-corrected chi connectivity index (χ4v) is 3.65. The Morgan fingerprint density at radius 3 is 2.60 bits per heavy atom. The maximum absolute atomic E-state index is 6.41. The molecule has 0 radical (unpaired) electrons. The first-order valence-corrected chi connectivity index (χ1v) is 10.2. The van der Waals surface area contributed by atoms with Crippen LogP contribution in [0.3, 0.4) is 0 Å². The summed E-state index contributed by atoms with van der Waals surface area (Å²) < 4.78 is 13.8. The van der Waals surface area contributed by atoms with E-state index in [0.29, 0.717) is 24.7 Å². The van der Waals surface area contributed by atoms with Gasteiger partial charge in [-0.2, -0.15) is 0 Å². The number of imidazole rings is 1. The predicted molar refractivity (Wildman–Crippen MR) is 122 cm³/mol. The predicted octanol–water partition coefficient (Wildman–Crippen LogP) is 6.36. The lowest BCUT2D eigenvalue weighted by atomic mass is 10.2. The number of rotatable bonds is 7. The number of fused-ring (bicyclic) bond motifs is 1. The number of nitrogens with zero attached hydrogens (tertiary/aromatic N) is 2. The summed E-state index contributed by atoms with van der Waals surface area (Å²) in [5.74, 6) is 2.21. The number of halogens is 1. The van der Waals surface area contributed by atoms with Gasteiger partial charge in [0.1, 0.15) is 12.4 Å². The Labute approximate surface area is 181 Å². The van der Waals surface area contributed by atoms with E-state index in [2.05, 4.69) is 10.6 Å². The first kappa shape index (κ1) is 20.0. The molecule has 4 nitrogen and oxygen atoms in total. The Morgan fingerprint density at radius 2 is 1.80 bits per heavy atom. The fraction of sp³-hybridized carbons (Fsp3) is 0.160. The van der Waals surface area contributed by atoms with Crippen LogP contribution in [0.2, 0.25) is 5.02 Å². The van der Waals surface area contributed by atoms with Crippen molar-refractivity contribution in [1.82, 2.24) is 9.55 Å². The Morgan fingerprint density at radius 1 is 1.00 bits per heavy atom. The molecule has 1 aromatic heterocycles. The molecule has 5 heteroatoms. The van der Waals surface area contributed by atoms with E-state index in [1.54, 1.807) is 7.11 Å². The molecule has 1 heterocycles. The van der Waals surface area contributed by atoms with Crippen molar-refractivity contribution in [2.24, 2.45) is 0 Å². The van der Waals surface area contributed by atoms with E-state index in [1.165, 1.54) is 0 Å². The van der Waals surface area contributed by atoms with E-state index in [0.717, 1.165) is 33.0 Å². The smallest absolute Gasteiger partial charge is 0.161 e. The summed E-state index contributed by atoms with van der Waals surface area (Å²) >= 11 is 6.41. The zero-order valence-electron chi connectivity index (χ0n) is 17.0. The topological polar surface area (TPSA) is 36.3 Å². The van der Waals surface area contributed by atoms with Gasteiger partial charge >= 0.3 is 0 Å².